The molecule has 0 saturated carbocycles. The summed E-state index contributed by atoms with van der Waals surface area (Å²) in [6.07, 6.45) is 0. The monoisotopic (exact) mass is 776 g/mol. The van der Waals surface area contributed by atoms with Crippen molar-refractivity contribution in [3.63, 3.8) is 0 Å². The van der Waals surface area contributed by atoms with E-state index in [-0.39, 0.29) is 0 Å². The van der Waals surface area contributed by atoms with Crippen molar-refractivity contribution in [1.82, 2.24) is 9.97 Å². The molecule has 12 aromatic rings. The first-order valence-corrected chi connectivity index (χ1v) is 20.7. The number of hydrogen-bond acceptors (Lipinski definition) is 3. The van der Waals surface area contributed by atoms with Crippen LogP contribution in [0, 0.1) is 0 Å². The summed E-state index contributed by atoms with van der Waals surface area (Å²) < 4.78 is 6.87. The summed E-state index contributed by atoms with van der Waals surface area (Å²) in [4.78, 5) is 10.6. The van der Waals surface area contributed by atoms with E-state index in [9.17, 15) is 0 Å². The Morgan fingerprint density at radius 2 is 0.672 bits per heavy atom. The second kappa shape index (κ2) is 14.3. The average Bonchev–Trinajstić information content (AvgIpc) is 3.72. The molecule has 0 radical (unpaired) electrons. The van der Waals surface area contributed by atoms with Crippen molar-refractivity contribution in [2.24, 2.45) is 0 Å². The largest absolute Gasteiger partial charge is 0.452 e. The Balaban J connectivity index is 1.03. The van der Waals surface area contributed by atoms with E-state index in [2.05, 4.69) is 206 Å². The molecule has 2 aromatic heterocycles. The Bertz CT molecular complexity index is 3610. The van der Waals surface area contributed by atoms with E-state index < -0.39 is 0 Å². The van der Waals surface area contributed by atoms with Crippen molar-refractivity contribution in [1.29, 1.82) is 0 Å². The molecule has 0 aliphatic heterocycles. The van der Waals surface area contributed by atoms with Crippen LogP contribution in [0.2, 0.25) is 0 Å². The van der Waals surface area contributed by atoms with E-state index in [0.717, 1.165) is 66.7 Å². The smallest absolute Gasteiger partial charge is 0.180 e. The maximum atomic E-state index is 6.87. The molecule has 0 aliphatic carbocycles. The minimum atomic E-state index is 0.650. The minimum Gasteiger partial charge on any atom is -0.452 e. The molecule has 0 saturated heterocycles. The van der Waals surface area contributed by atoms with Gasteiger partial charge in [-0.3, -0.25) is 0 Å². The Kier molecular flexibility index (Phi) is 8.17. The van der Waals surface area contributed by atoms with Gasteiger partial charge in [-0.25, -0.2) is 9.97 Å². The summed E-state index contributed by atoms with van der Waals surface area (Å²) in [6, 6.07) is 77.6. The minimum absolute atomic E-state index is 0.650. The van der Waals surface area contributed by atoms with Gasteiger partial charge in [-0.15, -0.1) is 0 Å². The highest BCUT2D eigenvalue weighted by Gasteiger charge is 2.20. The zero-order chi connectivity index (χ0) is 40.3. The molecule has 0 fully saturated rings. The van der Waals surface area contributed by atoms with Gasteiger partial charge in [-0.2, -0.15) is 0 Å². The van der Waals surface area contributed by atoms with Crippen LogP contribution in [-0.4, -0.2) is 9.97 Å². The van der Waals surface area contributed by atoms with Crippen LogP contribution in [0.4, 0.5) is 0 Å². The number of aromatic nitrogens is 2. The van der Waals surface area contributed by atoms with E-state index in [0.29, 0.717) is 11.4 Å². The number of furan rings is 1. The van der Waals surface area contributed by atoms with Gasteiger partial charge in [0, 0.05) is 16.5 Å². The van der Waals surface area contributed by atoms with Crippen molar-refractivity contribution in [3.05, 3.63) is 218 Å². The summed E-state index contributed by atoms with van der Waals surface area (Å²) in [5, 5.41) is 8.50. The predicted octanol–water partition coefficient (Wildman–Crippen LogP) is 15.8. The van der Waals surface area contributed by atoms with Crippen molar-refractivity contribution < 1.29 is 4.42 Å². The van der Waals surface area contributed by atoms with E-state index in [1.807, 2.05) is 12.1 Å². The first-order valence-electron chi connectivity index (χ1n) is 20.7. The Hall–Kier alpha value is -8.14. The van der Waals surface area contributed by atoms with E-state index in [1.165, 1.54) is 43.4 Å². The summed E-state index contributed by atoms with van der Waals surface area (Å²) >= 11 is 0. The Morgan fingerprint density at radius 1 is 0.262 bits per heavy atom. The standard InChI is InChI=1S/C58H36N2O/c1-3-14-37(15-4-1)39-18-11-20-41(32-39)44-29-31-52-54(36-44)61-57-55(59-58(60-56(52)57)46-23-13-19-40(34-46)38-16-5-2-6-17-38)45-22-12-21-42(33-45)43-28-30-51-49-26-8-7-24-47(49)48-25-9-10-27-50(48)53(51)35-43/h1-36H. The molecule has 0 unspecified atom stereocenters. The van der Waals surface area contributed by atoms with Gasteiger partial charge >= 0.3 is 0 Å². The predicted molar refractivity (Wildman–Crippen MR) is 254 cm³/mol. The van der Waals surface area contributed by atoms with Gasteiger partial charge in [0.2, 0.25) is 0 Å². The van der Waals surface area contributed by atoms with Crippen LogP contribution in [0.25, 0.3) is 122 Å². The molecule has 3 heteroatoms. The molecule has 12 rings (SSSR count). The molecular weight excluding hydrogens is 741 g/mol. The third-order valence-corrected chi connectivity index (χ3v) is 12.1. The van der Waals surface area contributed by atoms with Gasteiger partial charge in [0.05, 0.1) is 0 Å². The topological polar surface area (TPSA) is 38.9 Å². The number of rotatable bonds is 6. The molecule has 0 atom stereocenters. The highest BCUT2D eigenvalue weighted by atomic mass is 16.3. The fourth-order valence-electron chi connectivity index (χ4n) is 9.06. The highest BCUT2D eigenvalue weighted by Crippen LogP contribution is 2.41. The third kappa shape index (κ3) is 6.06. The Labute approximate surface area is 352 Å². The van der Waals surface area contributed by atoms with Crippen LogP contribution < -0.4 is 0 Å². The zero-order valence-corrected chi connectivity index (χ0v) is 33.1. The summed E-state index contributed by atoms with van der Waals surface area (Å²) in [7, 11) is 0. The van der Waals surface area contributed by atoms with Gasteiger partial charge in [0.15, 0.2) is 11.4 Å². The maximum absolute atomic E-state index is 6.87. The van der Waals surface area contributed by atoms with E-state index >= 15 is 0 Å². The molecule has 0 bridgehead atoms. The average molecular weight is 777 g/mol. The van der Waals surface area contributed by atoms with E-state index in [1.54, 1.807) is 0 Å². The van der Waals surface area contributed by atoms with Gasteiger partial charge in [0.1, 0.15) is 16.8 Å². The van der Waals surface area contributed by atoms with Crippen LogP contribution in [-0.2, 0) is 0 Å². The zero-order valence-electron chi connectivity index (χ0n) is 33.1. The molecule has 10 aromatic carbocycles. The molecule has 0 aliphatic rings. The normalized spacial score (nSPS) is 11.6. The third-order valence-electron chi connectivity index (χ3n) is 12.1. The lowest BCUT2D eigenvalue weighted by Crippen LogP contribution is -1.94. The van der Waals surface area contributed by atoms with Crippen LogP contribution in [0.1, 0.15) is 0 Å². The number of benzene rings is 10. The lowest BCUT2D eigenvalue weighted by molar-refractivity contribution is 0.667. The lowest BCUT2D eigenvalue weighted by Gasteiger charge is -2.13. The number of fused-ring (bicyclic) bond motifs is 9. The first kappa shape index (κ1) is 34.9. The van der Waals surface area contributed by atoms with Crippen molar-refractivity contribution in [2.75, 3.05) is 0 Å². The molecule has 284 valence electrons. The van der Waals surface area contributed by atoms with Gasteiger partial charge in [-0.1, -0.05) is 182 Å². The fraction of sp³-hybridized carbons (Fsp3) is 0. The fourth-order valence-corrected chi connectivity index (χ4v) is 9.06. The molecule has 61 heavy (non-hydrogen) atoms. The second-order valence-electron chi connectivity index (χ2n) is 15.7. The van der Waals surface area contributed by atoms with Crippen molar-refractivity contribution in [2.45, 2.75) is 0 Å². The van der Waals surface area contributed by atoms with Crippen LogP contribution in [0.5, 0.6) is 0 Å². The Morgan fingerprint density at radius 3 is 1.28 bits per heavy atom. The van der Waals surface area contributed by atoms with Crippen LogP contribution >= 0.6 is 0 Å². The van der Waals surface area contributed by atoms with E-state index in [4.69, 9.17) is 14.4 Å². The van der Waals surface area contributed by atoms with Gasteiger partial charge < -0.3 is 4.42 Å². The summed E-state index contributed by atoms with van der Waals surface area (Å²) in [5.41, 5.74) is 14.0. The number of nitrogens with zero attached hydrogens (tertiary/aromatic N) is 2. The SMILES string of the molecule is c1ccc(-c2cccc(-c3ccc4c(c3)oc3c(-c5cccc(-c6ccc7c8ccccc8c8ccccc8c7c6)c5)nc(-c5cccc(-c6ccccc6)c5)nc34)c2)cc1. The number of hydrogen-bond donors (Lipinski definition) is 0. The molecule has 3 nitrogen and oxygen atoms in total. The first-order chi connectivity index (χ1) is 30.2. The second-order valence-corrected chi connectivity index (χ2v) is 15.7. The van der Waals surface area contributed by atoms with Crippen LogP contribution in [0.15, 0.2) is 223 Å². The maximum Gasteiger partial charge on any atom is 0.180 e. The highest BCUT2D eigenvalue weighted by molar-refractivity contribution is 6.25. The van der Waals surface area contributed by atoms with Gasteiger partial charge in [-0.05, 0) is 113 Å². The van der Waals surface area contributed by atoms with Gasteiger partial charge in [0.25, 0.3) is 0 Å². The molecular formula is C58H36N2O. The van der Waals surface area contributed by atoms with Crippen molar-refractivity contribution >= 4 is 54.4 Å². The molecule has 0 amide bonds. The quantitative estimate of drug-likeness (QED) is 0.158. The summed E-state index contributed by atoms with van der Waals surface area (Å²) in [5.74, 6) is 0.650. The molecule has 0 spiro atoms. The lowest BCUT2D eigenvalue weighted by atomic mass is 9.91. The molecule has 2 heterocycles. The molecule has 0 N–H and O–H groups in total. The summed E-state index contributed by atoms with van der Waals surface area (Å²) in [6.45, 7) is 0. The van der Waals surface area contributed by atoms with Crippen LogP contribution in [0.3, 0.4) is 0 Å². The van der Waals surface area contributed by atoms with Crippen molar-refractivity contribution in [3.8, 4) is 67.2 Å².